The molecule has 0 amide bonds. The summed E-state index contributed by atoms with van der Waals surface area (Å²) in [5.74, 6) is -0.383. The number of hydrogen-bond donors (Lipinski definition) is 1. The van der Waals surface area contributed by atoms with Crippen LogP contribution in [0.15, 0.2) is 23.1 Å². The van der Waals surface area contributed by atoms with Gasteiger partial charge in [-0.2, -0.15) is 18.0 Å². The molecule has 1 fully saturated rings. The number of pyridine rings is 1. The van der Waals surface area contributed by atoms with E-state index in [4.69, 9.17) is 0 Å². The summed E-state index contributed by atoms with van der Waals surface area (Å²) >= 11 is 0. The maximum atomic E-state index is 13.4. The van der Waals surface area contributed by atoms with E-state index in [2.05, 4.69) is 20.7 Å². The van der Waals surface area contributed by atoms with Crippen molar-refractivity contribution in [2.24, 2.45) is 7.05 Å². The van der Waals surface area contributed by atoms with Gasteiger partial charge in [-0.15, -0.1) is 10.2 Å². The normalized spacial score (nSPS) is 21.7. The Bertz CT molecular complexity index is 760. The molecule has 1 aliphatic heterocycles. The van der Waals surface area contributed by atoms with E-state index < -0.39 is 11.7 Å². The summed E-state index contributed by atoms with van der Waals surface area (Å²) in [5.41, 5.74) is -1.86. The highest BCUT2D eigenvalue weighted by Crippen LogP contribution is 2.43. The Morgan fingerprint density at radius 1 is 1.43 bits per heavy atom. The highest BCUT2D eigenvalue weighted by Gasteiger charge is 2.60. The summed E-state index contributed by atoms with van der Waals surface area (Å²) in [7, 11) is 1.61. The lowest BCUT2D eigenvalue weighted by molar-refractivity contribution is -0.198. The van der Waals surface area contributed by atoms with Crippen LogP contribution in [0, 0.1) is 0 Å². The fraction of sp³-hybridized carbons (Fsp3) is 0.538. The van der Waals surface area contributed by atoms with Crippen molar-refractivity contribution < 1.29 is 13.2 Å². The van der Waals surface area contributed by atoms with Crippen molar-refractivity contribution in [3.63, 3.8) is 0 Å². The minimum Gasteiger partial charge on any atom is -0.319 e. The maximum absolute atomic E-state index is 13.4. The van der Waals surface area contributed by atoms with Gasteiger partial charge >= 0.3 is 6.18 Å². The Morgan fingerprint density at radius 2 is 2.22 bits per heavy atom. The van der Waals surface area contributed by atoms with E-state index in [9.17, 15) is 18.0 Å². The second-order valence-corrected chi connectivity index (χ2v) is 5.56. The molecule has 0 aliphatic carbocycles. The Kier molecular flexibility index (Phi) is 3.71. The van der Waals surface area contributed by atoms with E-state index in [0.29, 0.717) is 12.0 Å². The molecule has 1 N–H and O–H groups in total. The Balaban J connectivity index is 1.88. The van der Waals surface area contributed by atoms with Gasteiger partial charge in [0.2, 0.25) is 5.82 Å². The molecule has 0 bridgehead atoms. The molecule has 0 aromatic carbocycles. The first-order chi connectivity index (χ1) is 10.8. The van der Waals surface area contributed by atoms with E-state index in [1.165, 1.54) is 10.6 Å². The van der Waals surface area contributed by atoms with Gasteiger partial charge in [0.25, 0.3) is 5.56 Å². The third-order valence-electron chi connectivity index (χ3n) is 3.97. The van der Waals surface area contributed by atoms with E-state index in [0.717, 1.165) is 4.80 Å². The first-order valence-corrected chi connectivity index (χ1v) is 7.07. The molecule has 3 rings (SSSR count). The number of nitrogens with zero attached hydrogens (tertiary/aromatic N) is 5. The Morgan fingerprint density at radius 3 is 2.83 bits per heavy atom. The molecule has 3 heterocycles. The molecule has 0 radical (unpaired) electrons. The number of halogens is 3. The SMILES string of the molecule is Cn1ccc(Cn2nnc(C3(C(F)(F)F)CCCN3)n2)cc1=O. The van der Waals surface area contributed by atoms with Crippen LogP contribution in [0.5, 0.6) is 0 Å². The van der Waals surface area contributed by atoms with E-state index in [1.54, 1.807) is 19.3 Å². The molecule has 7 nitrogen and oxygen atoms in total. The van der Waals surface area contributed by atoms with Gasteiger partial charge < -0.3 is 4.57 Å². The number of rotatable bonds is 3. The van der Waals surface area contributed by atoms with Crippen LogP contribution in [0.3, 0.4) is 0 Å². The van der Waals surface area contributed by atoms with Crippen LogP contribution in [0.4, 0.5) is 13.2 Å². The maximum Gasteiger partial charge on any atom is 0.414 e. The first kappa shape index (κ1) is 15.7. The van der Waals surface area contributed by atoms with Gasteiger partial charge in [0, 0.05) is 19.3 Å². The molecule has 1 aliphatic rings. The lowest BCUT2D eigenvalue weighted by atomic mass is 9.96. The molecule has 1 saturated heterocycles. The predicted octanol–water partition coefficient (Wildman–Crippen LogP) is 0.561. The monoisotopic (exact) mass is 328 g/mol. The quantitative estimate of drug-likeness (QED) is 0.891. The number of tetrazole rings is 1. The van der Waals surface area contributed by atoms with E-state index in [-0.39, 0.29) is 30.9 Å². The van der Waals surface area contributed by atoms with Crippen LogP contribution >= 0.6 is 0 Å². The number of hydrogen-bond acceptors (Lipinski definition) is 5. The van der Waals surface area contributed by atoms with Crippen LogP contribution in [-0.4, -0.2) is 37.5 Å². The highest BCUT2D eigenvalue weighted by atomic mass is 19.4. The van der Waals surface area contributed by atoms with Crippen molar-refractivity contribution in [3.8, 4) is 0 Å². The zero-order valence-corrected chi connectivity index (χ0v) is 12.3. The number of alkyl halides is 3. The second kappa shape index (κ2) is 5.44. The third kappa shape index (κ3) is 2.74. The summed E-state index contributed by atoms with van der Waals surface area (Å²) in [6.07, 6.45) is -2.65. The molecule has 1 atom stereocenters. The molecule has 2 aromatic heterocycles. The molecule has 10 heteroatoms. The van der Waals surface area contributed by atoms with Crippen molar-refractivity contribution in [3.05, 3.63) is 40.1 Å². The zero-order valence-electron chi connectivity index (χ0n) is 12.3. The van der Waals surface area contributed by atoms with Gasteiger partial charge in [-0.25, -0.2) is 0 Å². The van der Waals surface area contributed by atoms with Crippen molar-refractivity contribution in [2.75, 3.05) is 6.54 Å². The summed E-state index contributed by atoms with van der Waals surface area (Å²) in [4.78, 5) is 12.6. The highest BCUT2D eigenvalue weighted by molar-refractivity contribution is 5.13. The van der Waals surface area contributed by atoms with Gasteiger partial charge in [-0.1, -0.05) is 0 Å². The van der Waals surface area contributed by atoms with Crippen molar-refractivity contribution in [1.29, 1.82) is 0 Å². The van der Waals surface area contributed by atoms with Crippen LogP contribution in [0.25, 0.3) is 0 Å². The Labute approximate surface area is 129 Å². The van der Waals surface area contributed by atoms with Crippen molar-refractivity contribution >= 4 is 0 Å². The molecule has 124 valence electrons. The van der Waals surface area contributed by atoms with Gasteiger partial charge in [0.15, 0.2) is 5.54 Å². The van der Waals surface area contributed by atoms with Crippen LogP contribution in [0.2, 0.25) is 0 Å². The van der Waals surface area contributed by atoms with Crippen LogP contribution < -0.4 is 10.9 Å². The van der Waals surface area contributed by atoms with Gasteiger partial charge in [-0.3, -0.25) is 10.1 Å². The van der Waals surface area contributed by atoms with Crippen LogP contribution in [-0.2, 0) is 19.1 Å². The smallest absolute Gasteiger partial charge is 0.319 e. The topological polar surface area (TPSA) is 77.6 Å². The Hall–Kier alpha value is -2.23. The molecule has 0 saturated carbocycles. The second-order valence-electron chi connectivity index (χ2n) is 5.56. The predicted molar refractivity (Wildman–Crippen MR) is 73.6 cm³/mol. The van der Waals surface area contributed by atoms with Gasteiger partial charge in [-0.05, 0) is 36.2 Å². The molecule has 23 heavy (non-hydrogen) atoms. The minimum atomic E-state index is -4.50. The molecule has 1 unspecified atom stereocenters. The summed E-state index contributed by atoms with van der Waals surface area (Å²) < 4.78 is 41.6. The van der Waals surface area contributed by atoms with Crippen LogP contribution in [0.1, 0.15) is 24.2 Å². The first-order valence-electron chi connectivity index (χ1n) is 7.07. The van der Waals surface area contributed by atoms with Gasteiger partial charge in [0.1, 0.15) is 0 Å². The average molecular weight is 328 g/mol. The fourth-order valence-electron chi connectivity index (χ4n) is 2.64. The van der Waals surface area contributed by atoms with Crippen molar-refractivity contribution in [2.45, 2.75) is 31.1 Å². The molecular weight excluding hydrogens is 313 g/mol. The standard InChI is InChI=1S/C13H15F3N6O/c1-21-6-3-9(7-10(21)23)8-22-19-11(18-20-22)12(13(14,15)16)4-2-5-17-12/h3,6-7,17H,2,4-5,8H2,1H3. The van der Waals surface area contributed by atoms with Gasteiger partial charge in [0.05, 0.1) is 6.54 Å². The summed E-state index contributed by atoms with van der Waals surface area (Å²) in [6.45, 7) is 0.333. The largest absolute Gasteiger partial charge is 0.414 e. The third-order valence-corrected chi connectivity index (χ3v) is 3.97. The average Bonchev–Trinajstić information content (AvgIpc) is 3.11. The molecule has 0 spiro atoms. The lowest BCUT2D eigenvalue weighted by Crippen LogP contribution is -2.50. The fourth-order valence-corrected chi connectivity index (χ4v) is 2.64. The zero-order chi connectivity index (χ0) is 16.7. The summed E-state index contributed by atoms with van der Waals surface area (Å²) in [5, 5.41) is 13.6. The lowest BCUT2D eigenvalue weighted by Gasteiger charge is -2.28. The minimum absolute atomic E-state index is 0.0804. The molecular formula is C13H15F3N6O. The number of aryl methyl sites for hydroxylation is 1. The number of nitrogens with one attached hydrogen (secondary N) is 1. The van der Waals surface area contributed by atoms with E-state index >= 15 is 0 Å². The van der Waals surface area contributed by atoms with E-state index in [1.807, 2.05) is 0 Å². The number of aromatic nitrogens is 5. The summed E-state index contributed by atoms with van der Waals surface area (Å²) in [6, 6.07) is 3.06. The molecule has 2 aromatic rings. The van der Waals surface area contributed by atoms with Crippen molar-refractivity contribution in [1.82, 2.24) is 30.1 Å².